The van der Waals surface area contributed by atoms with Gasteiger partial charge in [0.15, 0.2) is 0 Å². The van der Waals surface area contributed by atoms with Gasteiger partial charge in [-0.3, -0.25) is 4.79 Å². The summed E-state index contributed by atoms with van der Waals surface area (Å²) in [6.45, 7) is 4.82. The first-order valence-corrected chi connectivity index (χ1v) is 7.19. The molecule has 4 heteroatoms. The molecule has 0 radical (unpaired) electrons. The number of methoxy groups -OCH3 is 1. The Morgan fingerprint density at radius 3 is 2.39 bits per heavy atom. The fourth-order valence-electron chi connectivity index (χ4n) is 1.78. The molecule has 0 saturated heterocycles. The molecule has 0 spiro atoms. The third kappa shape index (κ3) is 4.33. The summed E-state index contributed by atoms with van der Waals surface area (Å²) in [4.78, 5) is 14.1. The molecule has 0 fully saturated rings. The van der Waals surface area contributed by atoms with Crippen LogP contribution in [0.5, 0.6) is 5.75 Å². The second kappa shape index (κ2) is 7.41. The van der Waals surface area contributed by atoms with Crippen LogP contribution in [-0.2, 0) is 11.2 Å². The number of hydrogen-bond donors (Lipinski definition) is 0. The highest BCUT2D eigenvalue weighted by atomic mass is 79.9. The largest absolute Gasteiger partial charge is 0.497 e. The van der Waals surface area contributed by atoms with E-state index in [9.17, 15) is 4.79 Å². The summed E-state index contributed by atoms with van der Waals surface area (Å²) in [7, 11) is 1.64. The van der Waals surface area contributed by atoms with Crippen LogP contribution < -0.4 is 4.74 Å². The maximum absolute atomic E-state index is 12.2. The fraction of sp³-hybridized carbons (Fsp3) is 0.500. The van der Waals surface area contributed by atoms with Crippen molar-refractivity contribution in [2.24, 2.45) is 0 Å². The minimum atomic E-state index is 0.162. The minimum Gasteiger partial charge on any atom is -0.497 e. The van der Waals surface area contributed by atoms with E-state index in [1.165, 1.54) is 0 Å². The Morgan fingerprint density at radius 2 is 1.94 bits per heavy atom. The molecule has 1 aromatic rings. The molecule has 0 heterocycles. The van der Waals surface area contributed by atoms with Gasteiger partial charge in [-0.05, 0) is 31.5 Å². The summed E-state index contributed by atoms with van der Waals surface area (Å²) in [5, 5.41) is 0.805. The number of hydrogen-bond acceptors (Lipinski definition) is 2. The Kier molecular flexibility index (Phi) is 6.19. The first-order chi connectivity index (χ1) is 8.58. The van der Waals surface area contributed by atoms with Gasteiger partial charge in [-0.1, -0.05) is 28.1 Å². The number of amides is 1. The molecule has 0 atom stereocenters. The third-order valence-corrected chi connectivity index (χ3v) is 3.14. The molecular weight excluding hydrogens is 294 g/mol. The second-order valence-corrected chi connectivity index (χ2v) is 5.19. The number of carbonyl (C=O) groups is 1. The van der Waals surface area contributed by atoms with Gasteiger partial charge in [0.25, 0.3) is 0 Å². The topological polar surface area (TPSA) is 29.5 Å². The molecule has 0 aromatic heterocycles. The maximum atomic E-state index is 12.2. The van der Waals surface area contributed by atoms with Crippen LogP contribution in [0.3, 0.4) is 0 Å². The van der Waals surface area contributed by atoms with E-state index < -0.39 is 0 Å². The molecule has 100 valence electrons. The smallest absolute Gasteiger partial charge is 0.227 e. The number of rotatable bonds is 6. The highest BCUT2D eigenvalue weighted by Gasteiger charge is 2.16. The van der Waals surface area contributed by atoms with Crippen molar-refractivity contribution >= 4 is 21.8 Å². The quantitative estimate of drug-likeness (QED) is 0.756. The average molecular weight is 314 g/mol. The second-order valence-electron chi connectivity index (χ2n) is 4.39. The lowest BCUT2D eigenvalue weighted by Crippen LogP contribution is -2.39. The first kappa shape index (κ1) is 15.0. The van der Waals surface area contributed by atoms with E-state index in [1.807, 2.05) is 43.0 Å². The standard InChI is InChI=1S/C14H20BrNO2/c1-11(2)16(9-8-15)14(17)10-12-4-6-13(18-3)7-5-12/h4-7,11H,8-10H2,1-3H3. The van der Waals surface area contributed by atoms with Crippen LogP contribution in [0.4, 0.5) is 0 Å². The van der Waals surface area contributed by atoms with Crippen molar-refractivity contribution in [1.29, 1.82) is 0 Å². The Morgan fingerprint density at radius 1 is 1.33 bits per heavy atom. The number of nitrogens with zero attached hydrogens (tertiary/aromatic N) is 1. The highest BCUT2D eigenvalue weighted by Crippen LogP contribution is 2.13. The zero-order valence-corrected chi connectivity index (χ0v) is 12.7. The van der Waals surface area contributed by atoms with Crippen molar-refractivity contribution in [3.63, 3.8) is 0 Å². The van der Waals surface area contributed by atoms with Gasteiger partial charge in [0.2, 0.25) is 5.91 Å². The van der Waals surface area contributed by atoms with Crippen LogP contribution in [0.25, 0.3) is 0 Å². The van der Waals surface area contributed by atoms with Gasteiger partial charge in [0.05, 0.1) is 13.5 Å². The van der Waals surface area contributed by atoms with Crippen molar-refractivity contribution in [3.05, 3.63) is 29.8 Å². The number of carbonyl (C=O) groups excluding carboxylic acids is 1. The summed E-state index contributed by atoms with van der Waals surface area (Å²) in [5.74, 6) is 0.974. The molecule has 1 amide bonds. The van der Waals surface area contributed by atoms with Crippen LogP contribution >= 0.6 is 15.9 Å². The van der Waals surface area contributed by atoms with Gasteiger partial charge in [0.1, 0.15) is 5.75 Å². The number of alkyl halides is 1. The molecule has 0 aliphatic rings. The lowest BCUT2D eigenvalue weighted by molar-refractivity contribution is -0.131. The van der Waals surface area contributed by atoms with Gasteiger partial charge in [-0.2, -0.15) is 0 Å². The van der Waals surface area contributed by atoms with Crippen molar-refractivity contribution in [3.8, 4) is 5.75 Å². The molecule has 0 unspecified atom stereocenters. The summed E-state index contributed by atoms with van der Waals surface area (Å²) >= 11 is 3.38. The molecule has 1 aromatic carbocycles. The third-order valence-electron chi connectivity index (χ3n) is 2.78. The zero-order chi connectivity index (χ0) is 13.5. The van der Waals surface area contributed by atoms with Gasteiger partial charge in [-0.25, -0.2) is 0 Å². The van der Waals surface area contributed by atoms with Crippen LogP contribution in [0.2, 0.25) is 0 Å². The lowest BCUT2D eigenvalue weighted by atomic mass is 10.1. The normalized spacial score (nSPS) is 10.5. The van der Waals surface area contributed by atoms with Gasteiger partial charge < -0.3 is 9.64 Å². The monoisotopic (exact) mass is 313 g/mol. The molecule has 0 aliphatic carbocycles. The summed E-state index contributed by atoms with van der Waals surface area (Å²) in [5.41, 5.74) is 1.01. The van der Waals surface area contributed by atoms with Crippen LogP contribution in [0.15, 0.2) is 24.3 Å². The number of ether oxygens (including phenoxy) is 1. The molecule has 3 nitrogen and oxygen atoms in total. The average Bonchev–Trinajstić information content (AvgIpc) is 2.36. The molecule has 0 bridgehead atoms. The Balaban J connectivity index is 2.66. The van der Waals surface area contributed by atoms with Gasteiger partial charge in [0, 0.05) is 17.9 Å². The predicted molar refractivity (Wildman–Crippen MR) is 77.3 cm³/mol. The Labute approximate surface area is 117 Å². The van der Waals surface area contributed by atoms with Crippen LogP contribution in [0.1, 0.15) is 19.4 Å². The van der Waals surface area contributed by atoms with Gasteiger partial charge in [-0.15, -0.1) is 0 Å². The molecule has 18 heavy (non-hydrogen) atoms. The Bertz CT molecular complexity index is 376. The molecule has 0 aliphatic heterocycles. The molecule has 0 N–H and O–H groups in total. The van der Waals surface area contributed by atoms with Crippen molar-refractivity contribution < 1.29 is 9.53 Å². The van der Waals surface area contributed by atoms with E-state index in [0.29, 0.717) is 6.42 Å². The van der Waals surface area contributed by atoms with E-state index in [1.54, 1.807) is 7.11 Å². The summed E-state index contributed by atoms with van der Waals surface area (Å²) < 4.78 is 5.10. The number of benzene rings is 1. The van der Waals surface area contributed by atoms with E-state index in [0.717, 1.165) is 23.2 Å². The van der Waals surface area contributed by atoms with Crippen molar-refractivity contribution in [2.75, 3.05) is 19.0 Å². The van der Waals surface area contributed by atoms with E-state index in [-0.39, 0.29) is 11.9 Å². The molecule has 0 saturated carbocycles. The Hall–Kier alpha value is -1.03. The lowest BCUT2D eigenvalue weighted by Gasteiger charge is -2.26. The van der Waals surface area contributed by atoms with E-state index in [2.05, 4.69) is 15.9 Å². The van der Waals surface area contributed by atoms with Crippen molar-refractivity contribution in [1.82, 2.24) is 4.90 Å². The van der Waals surface area contributed by atoms with Gasteiger partial charge >= 0.3 is 0 Å². The van der Waals surface area contributed by atoms with Crippen molar-refractivity contribution in [2.45, 2.75) is 26.3 Å². The minimum absolute atomic E-state index is 0.162. The number of halogens is 1. The maximum Gasteiger partial charge on any atom is 0.227 e. The van der Waals surface area contributed by atoms with E-state index in [4.69, 9.17) is 4.74 Å². The van der Waals surface area contributed by atoms with E-state index >= 15 is 0 Å². The molecule has 1 rings (SSSR count). The summed E-state index contributed by atoms with van der Waals surface area (Å²) in [6, 6.07) is 7.86. The first-order valence-electron chi connectivity index (χ1n) is 6.06. The van der Waals surface area contributed by atoms with Crippen LogP contribution in [-0.4, -0.2) is 35.8 Å². The molecular formula is C14H20BrNO2. The summed E-state index contributed by atoms with van der Waals surface area (Å²) in [6.07, 6.45) is 0.440. The highest BCUT2D eigenvalue weighted by molar-refractivity contribution is 9.09. The SMILES string of the molecule is COc1ccc(CC(=O)N(CCBr)C(C)C)cc1. The van der Waals surface area contributed by atoms with Crippen LogP contribution in [0, 0.1) is 0 Å². The predicted octanol–water partition coefficient (Wildman–Crippen LogP) is 2.87. The zero-order valence-electron chi connectivity index (χ0n) is 11.1. The fourth-order valence-corrected chi connectivity index (χ4v) is 2.16.